The summed E-state index contributed by atoms with van der Waals surface area (Å²) in [7, 11) is 1.90. The Labute approximate surface area is 136 Å². The molecular formula is C14H16BrN7. The smallest absolute Gasteiger partial charge is 0.164 e. The number of hydrogen-bond acceptors (Lipinski definition) is 5. The van der Waals surface area contributed by atoms with Crippen molar-refractivity contribution in [1.82, 2.24) is 29.3 Å². The lowest BCUT2D eigenvalue weighted by Crippen LogP contribution is -2.33. The van der Waals surface area contributed by atoms with Crippen molar-refractivity contribution < 1.29 is 0 Å². The molecule has 1 aliphatic rings. The first kappa shape index (κ1) is 13.7. The summed E-state index contributed by atoms with van der Waals surface area (Å²) in [6.07, 6.45) is 9.64. The first-order chi connectivity index (χ1) is 10.7. The number of aryl methyl sites for hydroxylation is 1. The fraction of sp³-hybridized carbons (Fsp3) is 0.429. The summed E-state index contributed by atoms with van der Waals surface area (Å²) in [5.41, 5.74) is 0.852. The van der Waals surface area contributed by atoms with E-state index in [0.717, 1.165) is 41.0 Å². The van der Waals surface area contributed by atoms with Crippen molar-refractivity contribution in [2.45, 2.75) is 25.4 Å². The molecule has 0 aromatic carbocycles. The molecule has 1 unspecified atom stereocenters. The Balaban J connectivity index is 1.74. The first-order valence-electron chi connectivity index (χ1n) is 7.29. The molecule has 0 amide bonds. The highest BCUT2D eigenvalue weighted by molar-refractivity contribution is 9.10. The predicted octanol–water partition coefficient (Wildman–Crippen LogP) is 1.99. The predicted molar refractivity (Wildman–Crippen MR) is 86.6 cm³/mol. The number of rotatable bonds is 3. The van der Waals surface area contributed by atoms with E-state index in [4.69, 9.17) is 0 Å². The number of anilines is 1. The number of hydrogen-bond donors (Lipinski definition) is 0. The summed E-state index contributed by atoms with van der Waals surface area (Å²) in [5.74, 6) is 0.965. The lowest BCUT2D eigenvalue weighted by Gasteiger charge is -2.26. The number of imidazole rings is 1. The summed E-state index contributed by atoms with van der Waals surface area (Å²) in [5, 5.41) is 5.40. The van der Waals surface area contributed by atoms with Crippen LogP contribution in [0.2, 0.25) is 0 Å². The van der Waals surface area contributed by atoms with Crippen LogP contribution in [0.5, 0.6) is 0 Å². The van der Waals surface area contributed by atoms with Crippen molar-refractivity contribution in [3.8, 4) is 0 Å². The lowest BCUT2D eigenvalue weighted by atomic mass is 10.2. The van der Waals surface area contributed by atoms with E-state index >= 15 is 0 Å². The summed E-state index contributed by atoms with van der Waals surface area (Å²) >= 11 is 3.54. The van der Waals surface area contributed by atoms with E-state index in [9.17, 15) is 0 Å². The Morgan fingerprint density at radius 3 is 3.09 bits per heavy atom. The van der Waals surface area contributed by atoms with Gasteiger partial charge in [-0.1, -0.05) is 0 Å². The van der Waals surface area contributed by atoms with E-state index in [1.165, 1.54) is 6.42 Å². The van der Waals surface area contributed by atoms with Crippen LogP contribution in [0.15, 0.2) is 29.7 Å². The van der Waals surface area contributed by atoms with E-state index in [0.29, 0.717) is 6.04 Å². The van der Waals surface area contributed by atoms with E-state index in [2.05, 4.69) is 45.4 Å². The zero-order chi connectivity index (χ0) is 15.1. The van der Waals surface area contributed by atoms with Crippen molar-refractivity contribution in [2.24, 2.45) is 7.05 Å². The van der Waals surface area contributed by atoms with Gasteiger partial charge in [0.2, 0.25) is 0 Å². The fourth-order valence-electron chi connectivity index (χ4n) is 3.19. The second-order valence-electron chi connectivity index (χ2n) is 5.56. The molecule has 7 nitrogen and oxygen atoms in total. The Hall–Kier alpha value is -1.96. The van der Waals surface area contributed by atoms with Crippen molar-refractivity contribution in [3.05, 3.63) is 29.7 Å². The van der Waals surface area contributed by atoms with Gasteiger partial charge in [-0.3, -0.25) is 0 Å². The minimum absolute atomic E-state index is 0.416. The molecule has 0 spiro atoms. The summed E-state index contributed by atoms with van der Waals surface area (Å²) in [6, 6.07) is 0.416. The molecule has 1 aliphatic heterocycles. The standard InChI is InChI=1S/C14H16BrN7/c1-20-13-11(12(15)19-20)14(18-8-17-13)22-5-2-3-10(22)7-21-6-4-16-9-21/h4,6,8-10H,2-3,5,7H2,1H3. The van der Waals surface area contributed by atoms with Crippen LogP contribution in [0.3, 0.4) is 0 Å². The van der Waals surface area contributed by atoms with Crippen molar-refractivity contribution in [1.29, 1.82) is 0 Å². The minimum atomic E-state index is 0.416. The highest BCUT2D eigenvalue weighted by atomic mass is 79.9. The maximum absolute atomic E-state index is 4.55. The van der Waals surface area contributed by atoms with Crippen LogP contribution < -0.4 is 4.90 Å². The molecule has 1 saturated heterocycles. The lowest BCUT2D eigenvalue weighted by molar-refractivity contribution is 0.548. The quantitative estimate of drug-likeness (QED) is 0.713. The molecule has 0 N–H and O–H groups in total. The molecule has 114 valence electrons. The van der Waals surface area contributed by atoms with Crippen molar-refractivity contribution in [3.63, 3.8) is 0 Å². The SMILES string of the molecule is Cn1nc(Br)c2c(N3CCCC3Cn3ccnc3)ncnc21. The van der Waals surface area contributed by atoms with Crippen LogP contribution in [0.25, 0.3) is 11.0 Å². The third-order valence-electron chi connectivity index (χ3n) is 4.19. The third kappa shape index (κ3) is 2.18. The summed E-state index contributed by atoms with van der Waals surface area (Å²) in [6.45, 7) is 1.93. The number of fused-ring (bicyclic) bond motifs is 1. The van der Waals surface area contributed by atoms with Crippen LogP contribution in [-0.4, -0.2) is 41.9 Å². The molecule has 4 rings (SSSR count). The number of halogens is 1. The van der Waals surface area contributed by atoms with Crippen LogP contribution in [0.4, 0.5) is 5.82 Å². The Morgan fingerprint density at radius 1 is 1.36 bits per heavy atom. The van der Waals surface area contributed by atoms with Gasteiger partial charge in [-0.15, -0.1) is 0 Å². The highest BCUT2D eigenvalue weighted by Crippen LogP contribution is 2.33. The Bertz CT molecular complexity index is 795. The van der Waals surface area contributed by atoms with Crippen LogP contribution >= 0.6 is 15.9 Å². The van der Waals surface area contributed by atoms with Gasteiger partial charge in [0.15, 0.2) is 5.65 Å². The van der Waals surface area contributed by atoms with E-state index in [-0.39, 0.29) is 0 Å². The highest BCUT2D eigenvalue weighted by Gasteiger charge is 2.29. The van der Waals surface area contributed by atoms with E-state index in [1.54, 1.807) is 11.0 Å². The molecule has 0 saturated carbocycles. The van der Waals surface area contributed by atoms with Gasteiger partial charge in [0, 0.05) is 38.6 Å². The van der Waals surface area contributed by atoms with E-state index in [1.807, 2.05) is 25.8 Å². The molecule has 0 bridgehead atoms. The van der Waals surface area contributed by atoms with Crippen molar-refractivity contribution in [2.75, 3.05) is 11.4 Å². The Morgan fingerprint density at radius 2 is 2.27 bits per heavy atom. The third-order valence-corrected chi connectivity index (χ3v) is 4.74. The van der Waals surface area contributed by atoms with Gasteiger partial charge in [-0.25, -0.2) is 19.6 Å². The van der Waals surface area contributed by atoms with Gasteiger partial charge >= 0.3 is 0 Å². The minimum Gasteiger partial charge on any atom is -0.351 e. The van der Waals surface area contributed by atoms with Crippen LogP contribution in [0, 0.1) is 0 Å². The van der Waals surface area contributed by atoms with E-state index < -0.39 is 0 Å². The van der Waals surface area contributed by atoms with Gasteiger partial charge in [0.25, 0.3) is 0 Å². The number of aromatic nitrogens is 6. The molecule has 22 heavy (non-hydrogen) atoms. The van der Waals surface area contributed by atoms with Crippen LogP contribution in [-0.2, 0) is 13.6 Å². The van der Waals surface area contributed by atoms with Gasteiger partial charge in [-0.05, 0) is 28.8 Å². The molecular weight excluding hydrogens is 346 g/mol. The van der Waals surface area contributed by atoms with Gasteiger partial charge in [0.05, 0.1) is 11.7 Å². The molecule has 0 aliphatic carbocycles. The molecule has 1 atom stereocenters. The maximum Gasteiger partial charge on any atom is 0.164 e. The molecule has 4 heterocycles. The van der Waals surface area contributed by atoms with Crippen LogP contribution in [0.1, 0.15) is 12.8 Å². The second-order valence-corrected chi connectivity index (χ2v) is 6.31. The maximum atomic E-state index is 4.55. The Kier molecular flexibility index (Phi) is 3.33. The molecule has 8 heteroatoms. The largest absolute Gasteiger partial charge is 0.351 e. The first-order valence-corrected chi connectivity index (χ1v) is 8.09. The number of nitrogens with zero attached hydrogens (tertiary/aromatic N) is 7. The van der Waals surface area contributed by atoms with Gasteiger partial charge in [-0.2, -0.15) is 5.10 Å². The second kappa shape index (κ2) is 5.35. The topological polar surface area (TPSA) is 64.7 Å². The average Bonchev–Trinajstić information content (AvgIpc) is 3.23. The van der Waals surface area contributed by atoms with Gasteiger partial charge in [0.1, 0.15) is 16.7 Å². The normalized spacial score (nSPS) is 18.5. The van der Waals surface area contributed by atoms with Crippen molar-refractivity contribution >= 4 is 32.8 Å². The molecule has 1 fully saturated rings. The summed E-state index contributed by atoms with van der Waals surface area (Å²) in [4.78, 5) is 15.4. The monoisotopic (exact) mass is 361 g/mol. The fourth-order valence-corrected chi connectivity index (χ4v) is 3.78. The molecule has 3 aromatic heterocycles. The zero-order valence-electron chi connectivity index (χ0n) is 12.2. The molecule has 0 radical (unpaired) electrons. The summed E-state index contributed by atoms with van der Waals surface area (Å²) < 4.78 is 4.71. The molecule has 3 aromatic rings. The zero-order valence-corrected chi connectivity index (χ0v) is 13.8. The van der Waals surface area contributed by atoms with Gasteiger partial charge < -0.3 is 9.47 Å². The average molecular weight is 362 g/mol.